The number of anilines is 1. The van der Waals surface area contributed by atoms with E-state index in [0.717, 1.165) is 11.1 Å². The number of aryl methyl sites for hydroxylation is 2. The topological polar surface area (TPSA) is 100 Å². The van der Waals surface area contributed by atoms with E-state index in [1.54, 1.807) is 24.3 Å². The number of carbonyl (C=O) groups excluding carboxylic acids is 2. The molecule has 0 bridgehead atoms. The van der Waals surface area contributed by atoms with Gasteiger partial charge in [0, 0.05) is 23.4 Å². The van der Waals surface area contributed by atoms with Crippen molar-refractivity contribution < 1.29 is 19.5 Å². The lowest BCUT2D eigenvalue weighted by Crippen LogP contribution is -2.35. The van der Waals surface area contributed by atoms with E-state index in [9.17, 15) is 14.4 Å². The van der Waals surface area contributed by atoms with Crippen LogP contribution in [0.3, 0.4) is 0 Å². The van der Waals surface area contributed by atoms with Crippen LogP contribution in [0.5, 0.6) is 0 Å². The smallest absolute Gasteiger partial charge is 0.328 e. The number of nitrogens with zero attached hydrogens (tertiary/aromatic N) is 1. The zero-order valence-corrected chi connectivity index (χ0v) is 15.9. The second kappa shape index (κ2) is 8.88. The molecule has 2 amide bonds. The molecule has 0 aliphatic rings. The summed E-state index contributed by atoms with van der Waals surface area (Å²) in [5, 5.41) is 11.5. The number of hydrogen-bond donors (Lipinski definition) is 3. The summed E-state index contributed by atoms with van der Waals surface area (Å²) >= 11 is 0. The molecule has 3 aromatic rings. The highest BCUT2D eigenvalue weighted by Gasteiger charge is 2.18. The van der Waals surface area contributed by atoms with Crippen molar-refractivity contribution in [2.45, 2.75) is 19.8 Å². The molecule has 2 aromatic carbocycles. The highest BCUT2D eigenvalue weighted by molar-refractivity contribution is 6.42. The molecule has 7 heteroatoms. The first-order valence-electron chi connectivity index (χ1n) is 9.11. The average molecular weight is 391 g/mol. The van der Waals surface area contributed by atoms with E-state index in [2.05, 4.69) is 10.7 Å². The van der Waals surface area contributed by atoms with Crippen molar-refractivity contribution in [1.82, 2.24) is 4.68 Å². The molecular weight excluding hydrogens is 370 g/mol. The third-order valence-electron chi connectivity index (χ3n) is 4.36. The van der Waals surface area contributed by atoms with Gasteiger partial charge in [-0.2, -0.15) is 0 Å². The van der Waals surface area contributed by atoms with Crippen LogP contribution in [0.2, 0.25) is 0 Å². The molecule has 0 saturated carbocycles. The summed E-state index contributed by atoms with van der Waals surface area (Å²) in [7, 11) is 0. The number of benzene rings is 2. The van der Waals surface area contributed by atoms with Gasteiger partial charge in [0.1, 0.15) is 0 Å². The largest absolute Gasteiger partial charge is 0.481 e. The number of carboxylic acids is 1. The standard InChI is InChI=1S/C22H21N3O4/c1-15-7-9-17(10-8-15)23-21(28)22(29)24-25-18(12-14-20(26)27)11-13-19(25)16-5-3-2-4-6-16/h2-11,13H,12,14H2,1H3,(H,23,28)(H,24,29)(H,26,27). The highest BCUT2D eigenvalue weighted by atomic mass is 16.4. The van der Waals surface area contributed by atoms with Gasteiger partial charge in [-0.1, -0.05) is 48.0 Å². The van der Waals surface area contributed by atoms with Crippen LogP contribution < -0.4 is 10.7 Å². The Balaban J connectivity index is 1.82. The summed E-state index contributed by atoms with van der Waals surface area (Å²) < 4.78 is 1.47. The van der Waals surface area contributed by atoms with Crippen molar-refractivity contribution >= 4 is 23.5 Å². The summed E-state index contributed by atoms with van der Waals surface area (Å²) in [5.74, 6) is -2.61. The predicted molar refractivity (Wildman–Crippen MR) is 110 cm³/mol. The van der Waals surface area contributed by atoms with E-state index in [0.29, 0.717) is 17.1 Å². The maximum Gasteiger partial charge on any atom is 0.328 e. The molecule has 0 spiro atoms. The van der Waals surface area contributed by atoms with Gasteiger partial charge in [-0.05, 0) is 31.2 Å². The van der Waals surface area contributed by atoms with Crippen LogP contribution in [0.4, 0.5) is 5.69 Å². The van der Waals surface area contributed by atoms with Crippen molar-refractivity contribution in [3.63, 3.8) is 0 Å². The minimum Gasteiger partial charge on any atom is -0.481 e. The maximum absolute atomic E-state index is 12.5. The SMILES string of the molecule is Cc1ccc(NC(=O)C(=O)Nn2c(CCC(=O)O)ccc2-c2ccccc2)cc1. The van der Waals surface area contributed by atoms with Crippen molar-refractivity contribution in [2.75, 3.05) is 10.7 Å². The molecule has 3 N–H and O–H groups in total. The minimum absolute atomic E-state index is 0.0936. The summed E-state index contributed by atoms with van der Waals surface area (Å²) in [6, 6.07) is 19.9. The van der Waals surface area contributed by atoms with Crippen LogP contribution in [0.15, 0.2) is 66.7 Å². The Bertz CT molecular complexity index is 1020. The zero-order chi connectivity index (χ0) is 20.8. The first-order chi connectivity index (χ1) is 13.9. The molecule has 0 aliphatic carbocycles. The molecule has 7 nitrogen and oxygen atoms in total. The summed E-state index contributed by atoms with van der Waals surface area (Å²) in [6.45, 7) is 1.92. The van der Waals surface area contributed by atoms with Crippen molar-refractivity contribution in [1.29, 1.82) is 0 Å². The summed E-state index contributed by atoms with van der Waals surface area (Å²) in [4.78, 5) is 35.8. The molecular formula is C22H21N3O4. The Morgan fingerprint density at radius 3 is 2.24 bits per heavy atom. The Labute approximate surface area is 168 Å². The van der Waals surface area contributed by atoms with Crippen LogP contribution >= 0.6 is 0 Å². The van der Waals surface area contributed by atoms with Crippen LogP contribution in [0, 0.1) is 6.92 Å². The van der Waals surface area contributed by atoms with Gasteiger partial charge in [-0.25, -0.2) is 0 Å². The zero-order valence-electron chi connectivity index (χ0n) is 15.9. The Kier molecular flexibility index (Phi) is 6.09. The first-order valence-corrected chi connectivity index (χ1v) is 9.11. The van der Waals surface area contributed by atoms with Crippen LogP contribution in [-0.2, 0) is 20.8 Å². The average Bonchev–Trinajstić information content (AvgIpc) is 3.11. The van der Waals surface area contributed by atoms with E-state index >= 15 is 0 Å². The number of hydrogen-bond acceptors (Lipinski definition) is 3. The van der Waals surface area contributed by atoms with E-state index in [1.807, 2.05) is 49.4 Å². The van der Waals surface area contributed by atoms with Crippen LogP contribution in [0.1, 0.15) is 17.7 Å². The third-order valence-corrected chi connectivity index (χ3v) is 4.36. The fraction of sp³-hybridized carbons (Fsp3) is 0.136. The molecule has 148 valence electrons. The van der Waals surface area contributed by atoms with Gasteiger partial charge in [0.15, 0.2) is 0 Å². The number of carbonyl (C=O) groups is 3. The molecule has 1 heterocycles. The van der Waals surface area contributed by atoms with Gasteiger partial charge in [0.2, 0.25) is 0 Å². The van der Waals surface area contributed by atoms with E-state index in [1.165, 1.54) is 4.68 Å². The van der Waals surface area contributed by atoms with Gasteiger partial charge in [-0.3, -0.25) is 24.5 Å². The normalized spacial score (nSPS) is 10.4. The van der Waals surface area contributed by atoms with Gasteiger partial charge in [0.25, 0.3) is 0 Å². The minimum atomic E-state index is -0.942. The number of amides is 2. The number of rotatable bonds is 6. The van der Waals surface area contributed by atoms with E-state index < -0.39 is 17.8 Å². The lowest BCUT2D eigenvalue weighted by molar-refractivity contribution is -0.137. The fourth-order valence-corrected chi connectivity index (χ4v) is 2.85. The van der Waals surface area contributed by atoms with Crippen LogP contribution in [-0.4, -0.2) is 27.6 Å². The van der Waals surface area contributed by atoms with Crippen molar-refractivity contribution in [3.05, 3.63) is 78.0 Å². The molecule has 0 atom stereocenters. The molecule has 0 saturated heterocycles. The summed E-state index contributed by atoms with van der Waals surface area (Å²) in [5.41, 5.74) is 6.20. The lowest BCUT2D eigenvalue weighted by atomic mass is 10.2. The predicted octanol–water partition coefficient (Wildman–Crippen LogP) is 3.19. The Hall–Kier alpha value is -3.87. The monoisotopic (exact) mass is 391 g/mol. The fourth-order valence-electron chi connectivity index (χ4n) is 2.85. The van der Waals surface area contributed by atoms with Gasteiger partial charge < -0.3 is 10.4 Å². The second-order valence-electron chi connectivity index (χ2n) is 6.57. The van der Waals surface area contributed by atoms with Gasteiger partial charge in [0.05, 0.1) is 12.1 Å². The molecule has 0 radical (unpaired) electrons. The number of carboxylic acid groups (broad SMARTS) is 1. The number of aromatic nitrogens is 1. The molecule has 1 aromatic heterocycles. The van der Waals surface area contributed by atoms with Gasteiger partial charge >= 0.3 is 17.8 Å². The lowest BCUT2D eigenvalue weighted by Gasteiger charge is -2.15. The third kappa shape index (κ3) is 5.10. The van der Waals surface area contributed by atoms with Crippen molar-refractivity contribution in [2.24, 2.45) is 0 Å². The number of nitrogens with one attached hydrogen (secondary N) is 2. The molecule has 0 aliphatic heterocycles. The highest BCUT2D eigenvalue weighted by Crippen LogP contribution is 2.22. The Morgan fingerprint density at radius 1 is 0.897 bits per heavy atom. The number of aliphatic carboxylic acids is 1. The van der Waals surface area contributed by atoms with Gasteiger partial charge in [-0.15, -0.1) is 0 Å². The molecule has 29 heavy (non-hydrogen) atoms. The Morgan fingerprint density at radius 2 is 1.59 bits per heavy atom. The van der Waals surface area contributed by atoms with E-state index in [-0.39, 0.29) is 12.8 Å². The molecule has 3 rings (SSSR count). The van der Waals surface area contributed by atoms with E-state index in [4.69, 9.17) is 5.11 Å². The summed E-state index contributed by atoms with van der Waals surface area (Å²) in [6.07, 6.45) is 0.117. The van der Waals surface area contributed by atoms with Crippen molar-refractivity contribution in [3.8, 4) is 11.3 Å². The maximum atomic E-state index is 12.5. The quantitative estimate of drug-likeness (QED) is 0.562. The molecule has 0 unspecified atom stereocenters. The van der Waals surface area contributed by atoms with Crippen LogP contribution in [0.25, 0.3) is 11.3 Å². The molecule has 0 fully saturated rings. The second-order valence-corrected chi connectivity index (χ2v) is 6.57. The first kappa shape index (κ1) is 19.9.